The normalized spacial score (nSPS) is 21.5. The predicted molar refractivity (Wildman–Crippen MR) is 122 cm³/mol. The number of amides is 1. The van der Waals surface area contributed by atoms with Gasteiger partial charge in [-0.25, -0.2) is 0 Å². The van der Waals surface area contributed by atoms with Crippen LogP contribution in [0, 0.1) is 23.2 Å². The summed E-state index contributed by atoms with van der Waals surface area (Å²) in [7, 11) is 0. The Kier molecular flexibility index (Phi) is 5.70. The Morgan fingerprint density at radius 2 is 1.88 bits per heavy atom. The van der Waals surface area contributed by atoms with Gasteiger partial charge in [0.15, 0.2) is 0 Å². The summed E-state index contributed by atoms with van der Waals surface area (Å²) in [4.78, 5) is 17.2. The highest BCUT2D eigenvalue weighted by molar-refractivity contribution is 5.91. The van der Waals surface area contributed by atoms with Crippen molar-refractivity contribution in [3.05, 3.63) is 65.2 Å². The largest absolute Gasteiger partial charge is 0.339 e. The quantitative estimate of drug-likeness (QED) is 0.647. The van der Waals surface area contributed by atoms with Gasteiger partial charge in [-0.15, -0.1) is 5.10 Å². The van der Waals surface area contributed by atoms with E-state index in [1.807, 2.05) is 29.2 Å². The third-order valence-corrected chi connectivity index (χ3v) is 6.76. The van der Waals surface area contributed by atoms with Crippen LogP contribution in [0.3, 0.4) is 0 Å². The summed E-state index contributed by atoms with van der Waals surface area (Å²) in [5.74, 6) is 1.37. The molecule has 2 fully saturated rings. The van der Waals surface area contributed by atoms with Crippen LogP contribution in [0.4, 0.5) is 0 Å². The van der Waals surface area contributed by atoms with Gasteiger partial charge in [0.05, 0.1) is 17.1 Å². The zero-order valence-electron chi connectivity index (χ0n) is 17.9. The van der Waals surface area contributed by atoms with Gasteiger partial charge in [0, 0.05) is 38.8 Å². The fraction of sp³-hybridized carbons (Fsp3) is 0.360. The molecule has 0 aliphatic carbocycles. The molecule has 0 bridgehead atoms. The number of likely N-dealkylation sites (tertiary alicyclic amines) is 2. The van der Waals surface area contributed by atoms with Gasteiger partial charge in [0.25, 0.3) is 0 Å². The molecule has 2 aliphatic rings. The standard InChI is InChI=1S/C25H26N6O/c26-14-19-3-1-18(2-4-19)6-8-25(32)31-11-9-21-16-30(17-22(21)10-12-31)15-20-5-7-23-24(13-20)28-29-27-23/h1-8,13,21-22H,9-12,15-17H2,(H,27,28,29)/b8-6+/t21-,22+. The zero-order valence-corrected chi connectivity index (χ0v) is 17.9. The number of nitrogens with zero attached hydrogens (tertiary/aromatic N) is 5. The van der Waals surface area contributed by atoms with Gasteiger partial charge < -0.3 is 4.90 Å². The van der Waals surface area contributed by atoms with E-state index in [0.29, 0.717) is 17.4 Å². The minimum atomic E-state index is 0.0760. The molecule has 2 atom stereocenters. The number of nitrogens with one attached hydrogen (secondary N) is 1. The van der Waals surface area contributed by atoms with Crippen LogP contribution in [0.25, 0.3) is 17.1 Å². The highest BCUT2D eigenvalue weighted by Crippen LogP contribution is 2.32. The van der Waals surface area contributed by atoms with E-state index in [1.165, 1.54) is 5.56 Å². The maximum Gasteiger partial charge on any atom is 0.246 e. The van der Waals surface area contributed by atoms with E-state index in [0.717, 1.165) is 62.2 Å². The molecule has 5 rings (SSSR count). The van der Waals surface area contributed by atoms with Crippen LogP contribution in [-0.4, -0.2) is 57.3 Å². The van der Waals surface area contributed by atoms with Crippen LogP contribution in [0.1, 0.15) is 29.5 Å². The fourth-order valence-electron chi connectivity index (χ4n) is 4.98. The lowest BCUT2D eigenvalue weighted by Crippen LogP contribution is -2.31. The van der Waals surface area contributed by atoms with Crippen molar-refractivity contribution < 1.29 is 4.79 Å². The van der Waals surface area contributed by atoms with Gasteiger partial charge in [-0.2, -0.15) is 5.26 Å². The van der Waals surface area contributed by atoms with Gasteiger partial charge in [-0.1, -0.05) is 23.4 Å². The number of nitriles is 1. The maximum atomic E-state index is 12.7. The molecule has 1 N–H and O–H groups in total. The first-order chi connectivity index (χ1) is 15.7. The number of H-pyrrole nitrogens is 1. The topological polar surface area (TPSA) is 88.9 Å². The van der Waals surface area contributed by atoms with E-state index < -0.39 is 0 Å². The molecule has 3 heterocycles. The Balaban J connectivity index is 1.15. The highest BCUT2D eigenvalue weighted by atomic mass is 16.2. The van der Waals surface area contributed by atoms with Gasteiger partial charge in [0.2, 0.25) is 5.91 Å². The molecule has 0 unspecified atom stereocenters. The van der Waals surface area contributed by atoms with Crippen molar-refractivity contribution >= 4 is 23.0 Å². The number of carbonyl (C=O) groups excluding carboxylic acids is 1. The van der Waals surface area contributed by atoms with Gasteiger partial charge in [-0.3, -0.25) is 14.8 Å². The average Bonchev–Trinajstić information content (AvgIpc) is 3.39. The number of hydrogen-bond acceptors (Lipinski definition) is 5. The first-order valence-corrected chi connectivity index (χ1v) is 11.2. The van der Waals surface area contributed by atoms with Crippen LogP contribution in [0.2, 0.25) is 0 Å². The smallest absolute Gasteiger partial charge is 0.246 e. The molecule has 0 radical (unpaired) electrons. The summed E-state index contributed by atoms with van der Waals surface area (Å²) in [6.45, 7) is 4.74. The molecule has 1 aromatic heterocycles. The van der Waals surface area contributed by atoms with Crippen molar-refractivity contribution in [2.45, 2.75) is 19.4 Å². The highest BCUT2D eigenvalue weighted by Gasteiger charge is 2.35. The number of rotatable bonds is 4. The lowest BCUT2D eigenvalue weighted by molar-refractivity contribution is -0.126. The van der Waals surface area contributed by atoms with Crippen LogP contribution in [-0.2, 0) is 11.3 Å². The molecular formula is C25H26N6O. The summed E-state index contributed by atoms with van der Waals surface area (Å²) < 4.78 is 0. The molecule has 0 spiro atoms. The number of aromatic amines is 1. The Morgan fingerprint density at radius 3 is 2.59 bits per heavy atom. The zero-order chi connectivity index (χ0) is 21.9. The minimum Gasteiger partial charge on any atom is -0.339 e. The van der Waals surface area contributed by atoms with Crippen molar-refractivity contribution in [3.63, 3.8) is 0 Å². The number of fused-ring (bicyclic) bond motifs is 2. The first-order valence-electron chi connectivity index (χ1n) is 11.2. The van der Waals surface area contributed by atoms with Gasteiger partial charge >= 0.3 is 0 Å². The van der Waals surface area contributed by atoms with E-state index in [-0.39, 0.29) is 5.91 Å². The second-order valence-electron chi connectivity index (χ2n) is 8.85. The van der Waals surface area contributed by atoms with Gasteiger partial charge in [0.1, 0.15) is 5.52 Å². The summed E-state index contributed by atoms with van der Waals surface area (Å²) in [5.41, 5.74) is 4.72. The molecular weight excluding hydrogens is 400 g/mol. The maximum absolute atomic E-state index is 12.7. The molecule has 2 aliphatic heterocycles. The van der Waals surface area contributed by atoms with E-state index in [2.05, 4.69) is 38.5 Å². The second-order valence-corrected chi connectivity index (χ2v) is 8.85. The molecule has 1 amide bonds. The number of hydrogen-bond donors (Lipinski definition) is 1. The van der Waals surface area contributed by atoms with Crippen LogP contribution in [0.5, 0.6) is 0 Å². The minimum absolute atomic E-state index is 0.0760. The molecule has 32 heavy (non-hydrogen) atoms. The van der Waals surface area contributed by atoms with Crippen LogP contribution in [0.15, 0.2) is 48.5 Å². The third-order valence-electron chi connectivity index (χ3n) is 6.76. The van der Waals surface area contributed by atoms with Crippen LogP contribution < -0.4 is 0 Å². The van der Waals surface area contributed by atoms with Gasteiger partial charge in [-0.05, 0) is 66.1 Å². The van der Waals surface area contributed by atoms with E-state index in [1.54, 1.807) is 18.2 Å². The summed E-state index contributed by atoms with van der Waals surface area (Å²) in [5, 5.41) is 19.8. The van der Waals surface area contributed by atoms with E-state index in [4.69, 9.17) is 5.26 Å². The Morgan fingerprint density at radius 1 is 1.12 bits per heavy atom. The summed E-state index contributed by atoms with van der Waals surface area (Å²) >= 11 is 0. The Hall–Kier alpha value is -3.50. The lowest BCUT2D eigenvalue weighted by Gasteiger charge is -2.21. The Bertz CT molecular complexity index is 1160. The molecule has 7 nitrogen and oxygen atoms in total. The monoisotopic (exact) mass is 426 g/mol. The average molecular weight is 427 g/mol. The van der Waals surface area contributed by atoms with Crippen LogP contribution >= 0.6 is 0 Å². The van der Waals surface area contributed by atoms with E-state index in [9.17, 15) is 4.79 Å². The second kappa shape index (κ2) is 8.93. The molecule has 2 saturated heterocycles. The fourth-order valence-corrected chi connectivity index (χ4v) is 4.98. The lowest BCUT2D eigenvalue weighted by atomic mass is 9.92. The summed E-state index contributed by atoms with van der Waals surface area (Å²) in [6.07, 6.45) is 5.61. The van der Waals surface area contributed by atoms with Crippen molar-refractivity contribution in [3.8, 4) is 6.07 Å². The van der Waals surface area contributed by atoms with Crippen molar-refractivity contribution in [1.29, 1.82) is 5.26 Å². The number of aromatic nitrogens is 3. The first kappa shape index (κ1) is 20.4. The van der Waals surface area contributed by atoms with E-state index >= 15 is 0 Å². The third kappa shape index (κ3) is 4.41. The molecule has 0 saturated carbocycles. The summed E-state index contributed by atoms with van der Waals surface area (Å²) in [6, 6.07) is 15.7. The number of benzene rings is 2. The van der Waals surface area contributed by atoms with Crippen molar-refractivity contribution in [2.24, 2.45) is 11.8 Å². The van der Waals surface area contributed by atoms with Crippen molar-refractivity contribution in [2.75, 3.05) is 26.2 Å². The molecule has 162 valence electrons. The Labute approximate surface area is 187 Å². The molecule has 3 aromatic rings. The number of carbonyl (C=O) groups is 1. The SMILES string of the molecule is N#Cc1ccc(/C=C/C(=O)N2CC[C@@H]3CN(Cc4ccc5[nH]nnc5c4)C[C@@H]3CC2)cc1. The molecule has 2 aromatic carbocycles. The predicted octanol–water partition coefficient (Wildman–Crippen LogP) is 3.21. The molecule has 7 heteroatoms. The van der Waals surface area contributed by atoms with Crippen molar-refractivity contribution in [1.82, 2.24) is 25.2 Å².